The van der Waals surface area contributed by atoms with Crippen LogP contribution in [0, 0.1) is 6.92 Å². The van der Waals surface area contributed by atoms with Gasteiger partial charge in [-0.05, 0) is 31.9 Å². The highest BCUT2D eigenvalue weighted by Crippen LogP contribution is 2.28. The predicted octanol–water partition coefficient (Wildman–Crippen LogP) is 2.00. The first kappa shape index (κ1) is 21.9. The molecule has 160 valence electrons. The van der Waals surface area contributed by atoms with Gasteiger partial charge in [0.05, 0.1) is 18.7 Å². The number of hydrogen-bond donors (Lipinski definition) is 2. The third kappa shape index (κ3) is 6.36. The minimum Gasteiger partial charge on any atom is -0.383 e. The smallest absolute Gasteiger partial charge is 0.254 e. The van der Waals surface area contributed by atoms with Crippen LogP contribution in [0.3, 0.4) is 0 Å². The van der Waals surface area contributed by atoms with E-state index in [0.717, 1.165) is 18.4 Å². The molecule has 0 radical (unpaired) electrons. The van der Waals surface area contributed by atoms with Gasteiger partial charge in [0.2, 0.25) is 11.8 Å². The summed E-state index contributed by atoms with van der Waals surface area (Å²) >= 11 is 1.25. The van der Waals surface area contributed by atoms with E-state index in [1.54, 1.807) is 29.5 Å². The molecule has 0 unspecified atom stereocenters. The molecule has 0 aliphatic heterocycles. The van der Waals surface area contributed by atoms with Crippen LogP contribution >= 0.6 is 11.3 Å². The van der Waals surface area contributed by atoms with Gasteiger partial charge in [-0.1, -0.05) is 17.7 Å². The summed E-state index contributed by atoms with van der Waals surface area (Å²) < 4.78 is 4.89. The van der Waals surface area contributed by atoms with E-state index in [0.29, 0.717) is 29.5 Å². The van der Waals surface area contributed by atoms with Crippen LogP contribution in [0.25, 0.3) is 0 Å². The molecule has 30 heavy (non-hydrogen) atoms. The monoisotopic (exact) mass is 430 g/mol. The second kappa shape index (κ2) is 10.3. The van der Waals surface area contributed by atoms with Gasteiger partial charge in [0, 0.05) is 30.6 Å². The molecule has 1 heterocycles. The van der Waals surface area contributed by atoms with Gasteiger partial charge < -0.3 is 20.3 Å². The van der Waals surface area contributed by atoms with Gasteiger partial charge in [-0.2, -0.15) is 0 Å². The Bertz CT molecular complexity index is 893. The van der Waals surface area contributed by atoms with E-state index in [9.17, 15) is 14.4 Å². The van der Waals surface area contributed by atoms with Gasteiger partial charge in [-0.3, -0.25) is 14.4 Å². The third-order valence-electron chi connectivity index (χ3n) is 4.63. The number of rotatable bonds is 10. The van der Waals surface area contributed by atoms with Gasteiger partial charge in [0.25, 0.3) is 5.91 Å². The quantitative estimate of drug-likeness (QED) is 0.562. The largest absolute Gasteiger partial charge is 0.383 e. The molecule has 0 bridgehead atoms. The lowest BCUT2D eigenvalue weighted by molar-refractivity contribution is -0.120. The Morgan fingerprint density at radius 3 is 2.60 bits per heavy atom. The molecule has 0 atom stereocenters. The number of benzene rings is 1. The van der Waals surface area contributed by atoms with Crippen molar-refractivity contribution in [1.29, 1.82) is 0 Å². The van der Waals surface area contributed by atoms with Crippen molar-refractivity contribution in [2.24, 2.45) is 0 Å². The lowest BCUT2D eigenvalue weighted by Crippen LogP contribution is -2.39. The summed E-state index contributed by atoms with van der Waals surface area (Å²) in [5, 5.41) is 7.62. The van der Waals surface area contributed by atoms with Crippen LogP contribution in [0.4, 0.5) is 5.13 Å². The molecule has 1 aliphatic carbocycles. The summed E-state index contributed by atoms with van der Waals surface area (Å²) in [7, 11) is 1.57. The van der Waals surface area contributed by atoms with E-state index in [4.69, 9.17) is 4.74 Å². The maximum atomic E-state index is 12.8. The van der Waals surface area contributed by atoms with E-state index in [-0.39, 0.29) is 36.7 Å². The molecule has 0 saturated heterocycles. The first-order valence-corrected chi connectivity index (χ1v) is 10.7. The van der Waals surface area contributed by atoms with Crippen molar-refractivity contribution in [3.8, 4) is 0 Å². The van der Waals surface area contributed by atoms with Crippen molar-refractivity contribution in [3.63, 3.8) is 0 Å². The lowest BCUT2D eigenvalue weighted by Gasteiger charge is -2.21. The molecule has 2 aromatic rings. The number of aromatic nitrogens is 1. The minimum atomic E-state index is -0.298. The van der Waals surface area contributed by atoms with E-state index < -0.39 is 0 Å². The zero-order valence-corrected chi connectivity index (χ0v) is 18.0. The lowest BCUT2D eigenvalue weighted by atomic mass is 10.1. The zero-order valence-electron chi connectivity index (χ0n) is 17.1. The number of nitrogens with zero attached hydrogens (tertiary/aromatic N) is 2. The topological polar surface area (TPSA) is 101 Å². The van der Waals surface area contributed by atoms with Gasteiger partial charge >= 0.3 is 0 Å². The molecule has 2 N–H and O–H groups in total. The molecule has 1 aliphatic rings. The van der Waals surface area contributed by atoms with Crippen molar-refractivity contribution < 1.29 is 19.1 Å². The van der Waals surface area contributed by atoms with Crippen LogP contribution in [0.5, 0.6) is 0 Å². The molecular weight excluding hydrogens is 404 g/mol. The van der Waals surface area contributed by atoms with Crippen LogP contribution in [0.1, 0.15) is 34.5 Å². The maximum Gasteiger partial charge on any atom is 0.254 e. The average molecular weight is 431 g/mol. The fourth-order valence-electron chi connectivity index (χ4n) is 2.89. The number of anilines is 1. The van der Waals surface area contributed by atoms with Crippen LogP contribution < -0.4 is 10.6 Å². The summed E-state index contributed by atoms with van der Waals surface area (Å²) in [6.07, 6.45) is 1.95. The highest BCUT2D eigenvalue weighted by molar-refractivity contribution is 7.13. The highest BCUT2D eigenvalue weighted by Gasteiger charge is 2.34. The number of hydrogen-bond acceptors (Lipinski definition) is 6. The summed E-state index contributed by atoms with van der Waals surface area (Å²) in [6, 6.07) is 7.46. The van der Waals surface area contributed by atoms with Crippen molar-refractivity contribution in [2.75, 3.05) is 32.1 Å². The van der Waals surface area contributed by atoms with Crippen molar-refractivity contribution >= 4 is 34.2 Å². The molecule has 1 fully saturated rings. The molecule has 3 amide bonds. The van der Waals surface area contributed by atoms with E-state index in [1.807, 2.05) is 19.1 Å². The molecule has 8 nitrogen and oxygen atoms in total. The molecular formula is C21H26N4O4S. The maximum absolute atomic E-state index is 12.8. The number of aryl methyl sites for hydroxylation is 1. The zero-order chi connectivity index (χ0) is 21.5. The summed E-state index contributed by atoms with van der Waals surface area (Å²) in [4.78, 5) is 43.1. The Morgan fingerprint density at radius 1 is 1.20 bits per heavy atom. The molecule has 1 saturated carbocycles. The SMILES string of the molecule is COCCNC(=O)Cc1csc(NC(=O)CN(C(=O)c2ccc(C)cc2)C2CC2)n1. The Kier molecular flexibility index (Phi) is 7.53. The first-order chi connectivity index (χ1) is 14.5. The van der Waals surface area contributed by atoms with Gasteiger partial charge in [0.15, 0.2) is 5.13 Å². The Balaban J connectivity index is 1.54. The number of methoxy groups -OCH3 is 1. The second-order valence-electron chi connectivity index (χ2n) is 7.24. The van der Waals surface area contributed by atoms with Crippen LogP contribution in [-0.4, -0.2) is 60.5 Å². The van der Waals surface area contributed by atoms with Crippen molar-refractivity contribution in [1.82, 2.24) is 15.2 Å². The third-order valence-corrected chi connectivity index (χ3v) is 5.44. The number of thiazole rings is 1. The normalized spacial score (nSPS) is 13.0. The molecule has 9 heteroatoms. The van der Waals surface area contributed by atoms with Gasteiger partial charge in [0.1, 0.15) is 6.54 Å². The highest BCUT2D eigenvalue weighted by atomic mass is 32.1. The molecule has 0 spiro atoms. The standard InChI is InChI=1S/C21H26N4O4S/c1-14-3-5-15(6-4-14)20(28)25(17-7-8-17)12-19(27)24-21-23-16(13-30-21)11-18(26)22-9-10-29-2/h3-6,13,17H,7-12H2,1-2H3,(H,22,26)(H,23,24,27). The number of ether oxygens (including phenoxy) is 1. The number of nitrogens with one attached hydrogen (secondary N) is 2. The van der Waals surface area contributed by atoms with Crippen molar-refractivity contribution in [2.45, 2.75) is 32.2 Å². The van der Waals surface area contributed by atoms with Crippen LogP contribution in [-0.2, 0) is 20.7 Å². The molecule has 1 aromatic heterocycles. The summed E-state index contributed by atoms with van der Waals surface area (Å²) in [5.41, 5.74) is 2.24. The van der Waals surface area contributed by atoms with Gasteiger partial charge in [-0.25, -0.2) is 4.98 Å². The van der Waals surface area contributed by atoms with Crippen LogP contribution in [0.2, 0.25) is 0 Å². The van der Waals surface area contributed by atoms with E-state index in [1.165, 1.54) is 11.3 Å². The Morgan fingerprint density at radius 2 is 1.93 bits per heavy atom. The first-order valence-electron chi connectivity index (χ1n) is 9.84. The van der Waals surface area contributed by atoms with Crippen molar-refractivity contribution in [3.05, 3.63) is 46.5 Å². The molecule has 1 aromatic carbocycles. The van der Waals surface area contributed by atoms with E-state index >= 15 is 0 Å². The van der Waals surface area contributed by atoms with Crippen LogP contribution in [0.15, 0.2) is 29.6 Å². The molecule has 3 rings (SSSR count). The van der Waals surface area contributed by atoms with Gasteiger partial charge in [-0.15, -0.1) is 11.3 Å². The predicted molar refractivity (Wildman–Crippen MR) is 115 cm³/mol. The van der Waals surface area contributed by atoms with E-state index in [2.05, 4.69) is 15.6 Å². The minimum absolute atomic E-state index is 0.0240. The Labute approximate surface area is 179 Å². The Hall–Kier alpha value is -2.78. The fourth-order valence-corrected chi connectivity index (χ4v) is 3.62. The average Bonchev–Trinajstić information content (AvgIpc) is 3.47. The number of carbonyl (C=O) groups is 3. The number of amides is 3. The summed E-state index contributed by atoms with van der Waals surface area (Å²) in [5.74, 6) is -0.591. The second-order valence-corrected chi connectivity index (χ2v) is 8.10. The fraction of sp³-hybridized carbons (Fsp3) is 0.429. The summed E-state index contributed by atoms with van der Waals surface area (Å²) in [6.45, 7) is 2.83. The number of carbonyl (C=O) groups excluding carboxylic acids is 3.